The fraction of sp³-hybridized carbons (Fsp3) is 0.562. The number of benzene rings is 1. The molecule has 1 aromatic rings. The van der Waals surface area contributed by atoms with Crippen LogP contribution >= 0.6 is 0 Å². The molecule has 4 aliphatic rings. The molecule has 5 rings (SSSR count). The second kappa shape index (κ2) is 5.48. The molecule has 4 saturated carbocycles. The van der Waals surface area contributed by atoms with Gasteiger partial charge in [-0.1, -0.05) is 0 Å². The molecule has 4 aliphatic carbocycles. The first-order valence-electron chi connectivity index (χ1n) is 8.33. The molecule has 4 bridgehead atoms. The summed E-state index contributed by atoms with van der Waals surface area (Å²) in [5.41, 5.74) is 2.56. The van der Waals surface area contributed by atoms with Crippen LogP contribution in [0.3, 0.4) is 0 Å². The van der Waals surface area contributed by atoms with Crippen LogP contribution in [0.2, 0.25) is 0 Å². The molecule has 0 aromatic heterocycles. The molecule has 2 N–H and O–H groups in total. The van der Waals surface area contributed by atoms with Gasteiger partial charge in [-0.25, -0.2) is 0 Å². The van der Waals surface area contributed by atoms with Gasteiger partial charge < -0.3 is 5.11 Å². The largest absolute Gasteiger partial charge is 0.390 e. The molecule has 9 heteroatoms. The predicted octanol–water partition coefficient (Wildman–Crippen LogP) is 2.84. The zero-order valence-electron chi connectivity index (χ0n) is 13.4. The van der Waals surface area contributed by atoms with E-state index in [1.807, 2.05) is 0 Å². The minimum Gasteiger partial charge on any atom is -0.390 e. The van der Waals surface area contributed by atoms with Crippen molar-refractivity contribution in [2.24, 2.45) is 22.9 Å². The first kappa shape index (κ1) is 15.9. The summed E-state index contributed by atoms with van der Waals surface area (Å²) >= 11 is 0. The van der Waals surface area contributed by atoms with Crippen molar-refractivity contribution in [3.8, 4) is 0 Å². The van der Waals surface area contributed by atoms with Gasteiger partial charge in [0.1, 0.15) is 5.69 Å². The van der Waals surface area contributed by atoms with E-state index < -0.39 is 15.4 Å². The number of hydrazone groups is 1. The van der Waals surface area contributed by atoms with Crippen molar-refractivity contribution in [2.75, 3.05) is 5.43 Å². The fourth-order valence-corrected chi connectivity index (χ4v) is 4.91. The van der Waals surface area contributed by atoms with Crippen molar-refractivity contribution in [1.29, 1.82) is 0 Å². The van der Waals surface area contributed by atoms with Crippen molar-refractivity contribution < 1.29 is 15.0 Å². The summed E-state index contributed by atoms with van der Waals surface area (Å²) in [5, 5.41) is 37.0. The Labute approximate surface area is 143 Å². The first-order chi connectivity index (χ1) is 11.8. The summed E-state index contributed by atoms with van der Waals surface area (Å²) in [6, 6.07) is 3.46. The lowest BCUT2D eigenvalue weighted by molar-refractivity contribution is -0.393. The lowest BCUT2D eigenvalue weighted by atomic mass is 9.53. The molecular formula is C16H18N4O5. The highest BCUT2D eigenvalue weighted by molar-refractivity contribution is 5.92. The molecule has 0 heterocycles. The van der Waals surface area contributed by atoms with Gasteiger partial charge in [0.2, 0.25) is 0 Å². The van der Waals surface area contributed by atoms with Crippen molar-refractivity contribution in [3.63, 3.8) is 0 Å². The highest BCUT2D eigenvalue weighted by atomic mass is 16.6. The molecule has 9 nitrogen and oxygen atoms in total. The highest BCUT2D eigenvalue weighted by Gasteiger charge is 2.53. The van der Waals surface area contributed by atoms with Crippen molar-refractivity contribution in [3.05, 3.63) is 38.4 Å². The molecule has 0 radical (unpaired) electrons. The van der Waals surface area contributed by atoms with Gasteiger partial charge in [0.25, 0.3) is 5.69 Å². The maximum Gasteiger partial charge on any atom is 0.301 e. The third kappa shape index (κ3) is 2.74. The molecular weight excluding hydrogens is 328 g/mol. The van der Waals surface area contributed by atoms with E-state index in [1.54, 1.807) is 0 Å². The SMILES string of the molecule is O=[N+]([O-])c1ccc(NN=C2[C@@H]3CC4C[C@H]2CC(O)(C4)C3)c([N+](=O)[O-])c1. The predicted molar refractivity (Wildman–Crippen MR) is 89.3 cm³/mol. The molecule has 0 aliphatic heterocycles. The molecule has 4 fully saturated rings. The summed E-state index contributed by atoms with van der Waals surface area (Å²) in [4.78, 5) is 20.7. The molecule has 2 unspecified atom stereocenters. The summed E-state index contributed by atoms with van der Waals surface area (Å²) < 4.78 is 0. The fourth-order valence-electron chi connectivity index (χ4n) is 4.91. The number of hydrogen-bond acceptors (Lipinski definition) is 7. The Balaban J connectivity index is 1.60. The number of hydrogen-bond donors (Lipinski definition) is 2. The van der Waals surface area contributed by atoms with Crippen LogP contribution in [0.15, 0.2) is 23.3 Å². The number of nitrogens with one attached hydrogen (secondary N) is 1. The van der Waals surface area contributed by atoms with Gasteiger partial charge in [-0.3, -0.25) is 25.7 Å². The van der Waals surface area contributed by atoms with Crippen LogP contribution in [0.5, 0.6) is 0 Å². The molecule has 0 amide bonds. The Morgan fingerprint density at radius 3 is 2.36 bits per heavy atom. The standard InChI is InChI=1S/C16H18N4O5/c21-16-6-9-3-10(7-16)15(11(4-9)8-16)18-17-13-2-1-12(19(22)23)5-14(13)20(24)25/h1-2,5,9-11,17,21H,3-4,6-8H2/t9?,10-,11+,16?. The maximum absolute atomic E-state index is 11.2. The Hall–Kier alpha value is -2.55. The Bertz CT molecular complexity index is 775. The number of rotatable bonds is 4. The minimum atomic E-state index is -0.666. The van der Waals surface area contributed by atoms with Crippen molar-refractivity contribution in [2.45, 2.75) is 37.7 Å². The average Bonchev–Trinajstić information content (AvgIpc) is 2.52. The Kier molecular flexibility index (Phi) is 3.50. The van der Waals surface area contributed by atoms with Gasteiger partial charge in [0, 0.05) is 23.6 Å². The monoisotopic (exact) mass is 346 g/mol. The second-order valence-electron chi connectivity index (χ2n) is 7.43. The van der Waals surface area contributed by atoms with E-state index in [0.29, 0.717) is 18.8 Å². The molecule has 25 heavy (non-hydrogen) atoms. The molecule has 4 atom stereocenters. The zero-order valence-corrected chi connectivity index (χ0v) is 13.4. The van der Waals surface area contributed by atoms with Gasteiger partial charge in [-0.2, -0.15) is 5.10 Å². The van der Waals surface area contributed by atoms with Crippen LogP contribution < -0.4 is 5.43 Å². The second-order valence-corrected chi connectivity index (χ2v) is 7.43. The van der Waals surface area contributed by atoms with E-state index in [1.165, 1.54) is 12.1 Å². The van der Waals surface area contributed by atoms with E-state index in [9.17, 15) is 25.3 Å². The third-order valence-electron chi connectivity index (χ3n) is 5.69. The van der Waals surface area contributed by atoms with Gasteiger partial charge in [-0.05, 0) is 44.1 Å². The van der Waals surface area contributed by atoms with Crippen LogP contribution in [-0.4, -0.2) is 26.3 Å². The van der Waals surface area contributed by atoms with Crippen molar-refractivity contribution in [1.82, 2.24) is 0 Å². The summed E-state index contributed by atoms with van der Waals surface area (Å²) in [6.07, 6.45) is 4.27. The quantitative estimate of drug-likeness (QED) is 0.636. The maximum atomic E-state index is 11.2. The highest BCUT2D eigenvalue weighted by Crippen LogP contribution is 2.54. The number of nitro benzene ring substituents is 2. The molecule has 132 valence electrons. The Morgan fingerprint density at radius 1 is 1.12 bits per heavy atom. The number of aliphatic hydroxyl groups is 1. The van der Waals surface area contributed by atoms with Crippen LogP contribution in [0, 0.1) is 38.0 Å². The lowest BCUT2D eigenvalue weighted by Crippen LogP contribution is -2.55. The van der Waals surface area contributed by atoms with E-state index in [4.69, 9.17) is 0 Å². The van der Waals surface area contributed by atoms with E-state index in [2.05, 4.69) is 10.5 Å². The average molecular weight is 346 g/mol. The number of non-ortho nitro benzene ring substituents is 1. The number of nitro groups is 2. The molecule has 1 aromatic carbocycles. The van der Waals surface area contributed by atoms with Crippen LogP contribution in [0.4, 0.5) is 17.1 Å². The topological polar surface area (TPSA) is 131 Å². The van der Waals surface area contributed by atoms with Gasteiger partial charge in [0.05, 0.1) is 21.5 Å². The first-order valence-corrected chi connectivity index (χ1v) is 8.33. The van der Waals surface area contributed by atoms with Crippen LogP contribution in [0.1, 0.15) is 32.1 Å². The van der Waals surface area contributed by atoms with Crippen molar-refractivity contribution >= 4 is 22.8 Å². The normalized spacial score (nSPS) is 34.3. The molecule has 0 spiro atoms. The number of nitrogens with zero attached hydrogens (tertiary/aromatic N) is 3. The van der Waals surface area contributed by atoms with Gasteiger partial charge in [-0.15, -0.1) is 0 Å². The summed E-state index contributed by atoms with van der Waals surface area (Å²) in [7, 11) is 0. The summed E-state index contributed by atoms with van der Waals surface area (Å²) in [6.45, 7) is 0. The Morgan fingerprint density at radius 2 is 1.80 bits per heavy atom. The minimum absolute atomic E-state index is 0.135. The van der Waals surface area contributed by atoms with Crippen LogP contribution in [0.25, 0.3) is 0 Å². The zero-order chi connectivity index (χ0) is 17.8. The number of anilines is 1. The van der Waals surface area contributed by atoms with Gasteiger partial charge in [0.15, 0.2) is 0 Å². The van der Waals surface area contributed by atoms with Crippen LogP contribution in [-0.2, 0) is 0 Å². The summed E-state index contributed by atoms with van der Waals surface area (Å²) in [5.74, 6) is 0.955. The third-order valence-corrected chi connectivity index (χ3v) is 5.69. The van der Waals surface area contributed by atoms with Gasteiger partial charge >= 0.3 is 5.69 Å². The van der Waals surface area contributed by atoms with E-state index in [-0.39, 0.29) is 28.9 Å². The molecule has 0 saturated heterocycles. The smallest absolute Gasteiger partial charge is 0.301 e. The van der Waals surface area contributed by atoms with E-state index in [0.717, 1.165) is 31.0 Å². The lowest BCUT2D eigenvalue weighted by Gasteiger charge is -2.54. The van der Waals surface area contributed by atoms with E-state index >= 15 is 0 Å².